The molecule has 1 aromatic rings. The highest BCUT2D eigenvalue weighted by Gasteiger charge is 1.92. The maximum absolute atomic E-state index is 4.15. The van der Waals surface area contributed by atoms with Crippen LogP contribution >= 0.6 is 0 Å². The van der Waals surface area contributed by atoms with Crippen molar-refractivity contribution in [3.63, 3.8) is 0 Å². The highest BCUT2D eigenvalue weighted by atomic mass is 14.7. The molecule has 1 rings (SSSR count). The molecule has 0 bridgehead atoms. The number of allylic oxidation sites excluding steroid dienone is 2. The molecule has 0 radical (unpaired) electrons. The molecule has 1 aromatic heterocycles. The zero-order valence-electron chi connectivity index (χ0n) is 6.90. The Morgan fingerprint density at radius 2 is 2.17 bits per heavy atom. The molecule has 0 amide bonds. The normalized spacial score (nSPS) is 10.0. The third-order valence-electron chi connectivity index (χ3n) is 1.48. The third-order valence-corrected chi connectivity index (χ3v) is 1.48. The van der Waals surface area contributed by atoms with Gasteiger partial charge >= 0.3 is 0 Å². The third kappa shape index (κ3) is 1.92. The lowest BCUT2D eigenvalue weighted by atomic mass is 10.2. The summed E-state index contributed by atoms with van der Waals surface area (Å²) >= 11 is 0. The Balaban J connectivity index is 3.04. The van der Waals surface area contributed by atoms with E-state index < -0.39 is 0 Å². The molecule has 0 unspecified atom stereocenters. The van der Waals surface area contributed by atoms with Crippen molar-refractivity contribution in [2.45, 2.75) is 0 Å². The second-order valence-corrected chi connectivity index (χ2v) is 2.28. The fourth-order valence-electron chi connectivity index (χ4n) is 0.913. The molecule has 1 nitrogen and oxygen atoms in total. The van der Waals surface area contributed by atoms with Crippen LogP contribution in [0.2, 0.25) is 0 Å². The molecule has 0 atom stereocenters. The van der Waals surface area contributed by atoms with E-state index in [9.17, 15) is 0 Å². The molecular formula is C11H11N. The lowest BCUT2D eigenvalue weighted by molar-refractivity contribution is 1.28. The Bertz CT molecular complexity index is 311. The quantitative estimate of drug-likeness (QED) is 0.615. The highest BCUT2D eigenvalue weighted by molar-refractivity contribution is 5.61. The van der Waals surface area contributed by atoms with Gasteiger partial charge in [-0.1, -0.05) is 37.5 Å². The summed E-state index contributed by atoms with van der Waals surface area (Å²) < 4.78 is 0. The van der Waals surface area contributed by atoms with E-state index in [1.165, 1.54) is 0 Å². The standard InChI is InChI=1S/C11H11N/c1-3-5-7-10-8-6-9-12-11(10)4-2/h3-9H,1-2H2/b7-5-. The van der Waals surface area contributed by atoms with Crippen LogP contribution in [0.3, 0.4) is 0 Å². The van der Waals surface area contributed by atoms with Crippen LogP contribution in [0.15, 0.2) is 43.6 Å². The van der Waals surface area contributed by atoms with Crippen LogP contribution in [0.5, 0.6) is 0 Å². The van der Waals surface area contributed by atoms with Crippen molar-refractivity contribution in [2.24, 2.45) is 0 Å². The van der Waals surface area contributed by atoms with E-state index in [1.54, 1.807) is 18.3 Å². The predicted octanol–water partition coefficient (Wildman–Crippen LogP) is 2.92. The summed E-state index contributed by atoms with van der Waals surface area (Å²) in [6.07, 6.45) is 9.06. The molecule has 0 aliphatic carbocycles. The van der Waals surface area contributed by atoms with Crippen molar-refractivity contribution in [2.75, 3.05) is 0 Å². The average Bonchev–Trinajstić information content (AvgIpc) is 2.15. The molecular weight excluding hydrogens is 146 g/mol. The summed E-state index contributed by atoms with van der Waals surface area (Å²) in [5.41, 5.74) is 1.96. The summed E-state index contributed by atoms with van der Waals surface area (Å²) in [5.74, 6) is 0. The van der Waals surface area contributed by atoms with Gasteiger partial charge in [0.1, 0.15) is 0 Å². The van der Waals surface area contributed by atoms with Crippen molar-refractivity contribution in [1.82, 2.24) is 4.98 Å². The van der Waals surface area contributed by atoms with Gasteiger partial charge in [0.25, 0.3) is 0 Å². The molecule has 60 valence electrons. The molecule has 0 aliphatic heterocycles. The van der Waals surface area contributed by atoms with Gasteiger partial charge in [-0.05, 0) is 12.1 Å². The summed E-state index contributed by atoms with van der Waals surface area (Å²) in [5, 5.41) is 0. The van der Waals surface area contributed by atoms with Crippen LogP contribution < -0.4 is 0 Å². The number of hydrogen-bond acceptors (Lipinski definition) is 1. The van der Waals surface area contributed by atoms with E-state index in [-0.39, 0.29) is 0 Å². The Labute approximate surface area is 72.8 Å². The van der Waals surface area contributed by atoms with Crippen molar-refractivity contribution < 1.29 is 0 Å². The predicted molar refractivity (Wildman–Crippen MR) is 53.6 cm³/mol. The van der Waals surface area contributed by atoms with Crippen molar-refractivity contribution >= 4 is 12.2 Å². The number of hydrogen-bond donors (Lipinski definition) is 0. The van der Waals surface area contributed by atoms with Gasteiger partial charge in [0.05, 0.1) is 5.69 Å². The van der Waals surface area contributed by atoms with Gasteiger partial charge in [0, 0.05) is 11.8 Å². The Kier molecular flexibility index (Phi) is 3.03. The van der Waals surface area contributed by atoms with Gasteiger partial charge in [0.2, 0.25) is 0 Å². The van der Waals surface area contributed by atoms with Gasteiger partial charge in [-0.25, -0.2) is 0 Å². The first-order valence-corrected chi connectivity index (χ1v) is 3.75. The van der Waals surface area contributed by atoms with Gasteiger partial charge in [0.15, 0.2) is 0 Å². The van der Waals surface area contributed by atoms with Crippen molar-refractivity contribution in [3.05, 3.63) is 54.9 Å². The van der Waals surface area contributed by atoms with Crippen LogP contribution in [-0.4, -0.2) is 4.98 Å². The van der Waals surface area contributed by atoms with E-state index in [0.29, 0.717) is 0 Å². The molecule has 1 heterocycles. The first-order chi connectivity index (χ1) is 5.88. The Morgan fingerprint density at radius 1 is 1.33 bits per heavy atom. The summed E-state index contributed by atoms with van der Waals surface area (Å²) in [6, 6.07) is 3.89. The van der Waals surface area contributed by atoms with Crippen molar-refractivity contribution in [3.8, 4) is 0 Å². The first kappa shape index (κ1) is 8.47. The molecule has 0 aromatic carbocycles. The maximum Gasteiger partial charge on any atom is 0.0696 e. The van der Waals surface area contributed by atoms with Gasteiger partial charge in [-0.15, -0.1) is 0 Å². The molecule has 0 saturated carbocycles. The molecule has 12 heavy (non-hydrogen) atoms. The Morgan fingerprint density at radius 3 is 2.83 bits per heavy atom. The minimum atomic E-state index is 0.899. The second-order valence-electron chi connectivity index (χ2n) is 2.28. The van der Waals surface area contributed by atoms with Crippen LogP contribution in [-0.2, 0) is 0 Å². The first-order valence-electron chi connectivity index (χ1n) is 3.75. The van der Waals surface area contributed by atoms with Gasteiger partial charge in [-0.2, -0.15) is 0 Å². The zero-order valence-corrected chi connectivity index (χ0v) is 6.90. The fourth-order valence-corrected chi connectivity index (χ4v) is 0.913. The molecule has 0 aliphatic rings. The van der Waals surface area contributed by atoms with Crippen LogP contribution in [0, 0.1) is 0 Å². The smallest absolute Gasteiger partial charge is 0.0696 e. The second kappa shape index (κ2) is 4.29. The minimum absolute atomic E-state index is 0.899. The van der Waals surface area contributed by atoms with Crippen LogP contribution in [0.4, 0.5) is 0 Å². The fraction of sp³-hybridized carbons (Fsp3) is 0. The van der Waals surface area contributed by atoms with Gasteiger partial charge < -0.3 is 0 Å². The van der Waals surface area contributed by atoms with E-state index in [1.807, 2.05) is 24.3 Å². The zero-order chi connectivity index (χ0) is 8.81. The average molecular weight is 157 g/mol. The lowest BCUT2D eigenvalue weighted by Gasteiger charge is -1.96. The number of pyridine rings is 1. The van der Waals surface area contributed by atoms with E-state index >= 15 is 0 Å². The summed E-state index contributed by atoms with van der Waals surface area (Å²) in [6.45, 7) is 7.28. The van der Waals surface area contributed by atoms with Crippen molar-refractivity contribution in [1.29, 1.82) is 0 Å². The molecule has 0 fully saturated rings. The number of rotatable bonds is 3. The number of aromatic nitrogens is 1. The van der Waals surface area contributed by atoms with Gasteiger partial charge in [-0.3, -0.25) is 4.98 Å². The minimum Gasteiger partial charge on any atom is -0.256 e. The monoisotopic (exact) mass is 157 g/mol. The van der Waals surface area contributed by atoms with Crippen LogP contribution in [0.1, 0.15) is 11.3 Å². The molecule has 1 heteroatoms. The van der Waals surface area contributed by atoms with Crippen LogP contribution in [0.25, 0.3) is 12.2 Å². The highest BCUT2D eigenvalue weighted by Crippen LogP contribution is 2.08. The van der Waals surface area contributed by atoms with E-state index in [0.717, 1.165) is 11.3 Å². The number of nitrogens with zero attached hydrogens (tertiary/aromatic N) is 1. The maximum atomic E-state index is 4.15. The Hall–Kier alpha value is -1.63. The van der Waals surface area contributed by atoms with E-state index in [4.69, 9.17) is 0 Å². The van der Waals surface area contributed by atoms with E-state index in [2.05, 4.69) is 18.1 Å². The topological polar surface area (TPSA) is 12.9 Å². The summed E-state index contributed by atoms with van der Waals surface area (Å²) in [7, 11) is 0. The largest absolute Gasteiger partial charge is 0.256 e. The SMILES string of the molecule is C=C/C=C\c1cccnc1C=C. The molecule has 0 N–H and O–H groups in total. The molecule has 0 saturated heterocycles. The lowest BCUT2D eigenvalue weighted by Crippen LogP contribution is -1.83. The summed E-state index contributed by atoms with van der Waals surface area (Å²) in [4.78, 5) is 4.15. The molecule has 0 spiro atoms.